The molecule has 0 saturated heterocycles. The van der Waals surface area contributed by atoms with E-state index in [0.717, 1.165) is 5.56 Å². The average Bonchev–Trinajstić information content (AvgIpc) is 2.25. The lowest BCUT2D eigenvalue weighted by Crippen LogP contribution is -2.40. The number of carbonyl (C=O) groups excluding carboxylic acids is 1. The number of benzene rings is 1. The van der Waals surface area contributed by atoms with Gasteiger partial charge in [0.1, 0.15) is 5.60 Å². The molecule has 0 aliphatic carbocycles. The highest BCUT2D eigenvalue weighted by Crippen LogP contribution is 2.13. The molecule has 21 heavy (non-hydrogen) atoms. The highest BCUT2D eigenvalue weighted by atomic mass is 32.2. The Bertz CT molecular complexity index is 585. The molecular weight excluding hydrogens is 290 g/mol. The molecule has 0 aromatic heterocycles. The van der Waals surface area contributed by atoms with E-state index >= 15 is 0 Å². The predicted octanol–water partition coefficient (Wildman–Crippen LogP) is 2.68. The molecule has 1 atom stereocenters. The molecule has 0 heterocycles. The van der Waals surface area contributed by atoms with Gasteiger partial charge in [0.2, 0.25) is 0 Å². The smallest absolute Gasteiger partial charge is 0.407 e. The van der Waals surface area contributed by atoms with Crippen molar-refractivity contribution in [3.8, 4) is 0 Å². The molecule has 0 fully saturated rings. The van der Waals surface area contributed by atoms with Crippen molar-refractivity contribution in [2.75, 3.05) is 5.75 Å². The molecule has 1 aromatic carbocycles. The number of sulfone groups is 1. The molecule has 0 bridgehead atoms. The second kappa shape index (κ2) is 6.47. The van der Waals surface area contributed by atoms with E-state index in [-0.39, 0.29) is 10.6 Å². The van der Waals surface area contributed by atoms with Crippen molar-refractivity contribution in [1.82, 2.24) is 5.32 Å². The quantitative estimate of drug-likeness (QED) is 0.927. The van der Waals surface area contributed by atoms with Crippen LogP contribution in [-0.2, 0) is 14.6 Å². The summed E-state index contributed by atoms with van der Waals surface area (Å²) in [6.07, 6.45) is -0.617. The zero-order chi connectivity index (χ0) is 16.3. The Balaban J connectivity index is 2.67. The summed E-state index contributed by atoms with van der Waals surface area (Å²) in [5, 5.41) is 2.53. The van der Waals surface area contributed by atoms with Crippen LogP contribution in [0.15, 0.2) is 29.2 Å². The Morgan fingerprint density at radius 3 is 2.24 bits per heavy atom. The Kier molecular flexibility index (Phi) is 5.39. The average molecular weight is 313 g/mol. The first-order valence-electron chi connectivity index (χ1n) is 6.78. The number of amides is 1. The summed E-state index contributed by atoms with van der Waals surface area (Å²) >= 11 is 0. The zero-order valence-corrected chi connectivity index (χ0v) is 14.0. The number of carbonyl (C=O) groups is 1. The van der Waals surface area contributed by atoms with Crippen molar-refractivity contribution >= 4 is 15.9 Å². The van der Waals surface area contributed by atoms with E-state index in [4.69, 9.17) is 4.74 Å². The van der Waals surface area contributed by atoms with Crippen LogP contribution < -0.4 is 5.32 Å². The number of alkyl carbamates (subject to hydrolysis) is 1. The highest BCUT2D eigenvalue weighted by Gasteiger charge is 2.22. The van der Waals surface area contributed by atoms with Crippen molar-refractivity contribution in [3.63, 3.8) is 0 Å². The maximum Gasteiger partial charge on any atom is 0.407 e. The summed E-state index contributed by atoms with van der Waals surface area (Å²) in [4.78, 5) is 11.9. The van der Waals surface area contributed by atoms with Crippen LogP contribution in [0, 0.1) is 6.92 Å². The van der Waals surface area contributed by atoms with Crippen molar-refractivity contribution in [1.29, 1.82) is 0 Å². The van der Waals surface area contributed by atoms with E-state index in [1.165, 1.54) is 0 Å². The summed E-state index contributed by atoms with van der Waals surface area (Å²) in [6, 6.07) is 6.11. The van der Waals surface area contributed by atoms with Gasteiger partial charge in [-0.2, -0.15) is 0 Å². The highest BCUT2D eigenvalue weighted by molar-refractivity contribution is 7.91. The lowest BCUT2D eigenvalue weighted by atomic mass is 10.2. The fourth-order valence-corrected chi connectivity index (χ4v) is 3.21. The number of hydrogen-bond acceptors (Lipinski definition) is 4. The van der Waals surface area contributed by atoms with E-state index in [2.05, 4.69) is 5.32 Å². The van der Waals surface area contributed by atoms with Gasteiger partial charge in [0, 0.05) is 6.04 Å². The first-order valence-corrected chi connectivity index (χ1v) is 8.44. The van der Waals surface area contributed by atoms with Gasteiger partial charge in [-0.3, -0.25) is 0 Å². The molecule has 1 aromatic rings. The molecule has 0 aliphatic rings. The van der Waals surface area contributed by atoms with Gasteiger partial charge in [0.15, 0.2) is 9.84 Å². The summed E-state index contributed by atoms with van der Waals surface area (Å²) in [5.74, 6) is -0.171. The molecule has 0 spiro atoms. The third-order valence-electron chi connectivity index (χ3n) is 2.61. The third-order valence-corrected chi connectivity index (χ3v) is 4.54. The van der Waals surface area contributed by atoms with E-state index in [9.17, 15) is 13.2 Å². The lowest BCUT2D eigenvalue weighted by Gasteiger charge is -2.21. The monoisotopic (exact) mass is 313 g/mol. The first-order chi connectivity index (χ1) is 9.49. The molecule has 1 amide bonds. The second-order valence-corrected chi connectivity index (χ2v) is 8.18. The maximum absolute atomic E-state index is 12.2. The number of aryl methyl sites for hydroxylation is 1. The topological polar surface area (TPSA) is 72.5 Å². The normalized spacial score (nSPS) is 13.6. The van der Waals surface area contributed by atoms with Crippen LogP contribution in [-0.4, -0.2) is 31.9 Å². The molecule has 0 aliphatic heterocycles. The van der Waals surface area contributed by atoms with Gasteiger partial charge in [0.25, 0.3) is 0 Å². The maximum atomic E-state index is 12.2. The molecule has 6 heteroatoms. The van der Waals surface area contributed by atoms with Crippen molar-refractivity contribution in [2.24, 2.45) is 0 Å². The third kappa shape index (κ3) is 6.16. The minimum absolute atomic E-state index is 0.171. The molecule has 0 radical (unpaired) electrons. The lowest BCUT2D eigenvalue weighted by molar-refractivity contribution is 0.0513. The zero-order valence-electron chi connectivity index (χ0n) is 13.1. The number of rotatable bonds is 4. The standard InChI is InChI=1S/C15H23NO4S/c1-11-6-8-13(9-7-11)21(18,19)10-12(2)16-14(17)20-15(3,4)5/h6-9,12H,10H2,1-5H3,(H,16,17)/t12-/m1/s1. The van der Waals surface area contributed by atoms with Crippen LogP contribution in [0.3, 0.4) is 0 Å². The molecule has 1 N–H and O–H groups in total. The van der Waals surface area contributed by atoms with Gasteiger partial charge >= 0.3 is 6.09 Å². The first kappa shape index (κ1) is 17.5. The predicted molar refractivity (Wildman–Crippen MR) is 82.1 cm³/mol. The van der Waals surface area contributed by atoms with Gasteiger partial charge in [0.05, 0.1) is 10.6 Å². The van der Waals surface area contributed by atoms with Crippen LogP contribution in [0.25, 0.3) is 0 Å². The van der Waals surface area contributed by atoms with Crippen LogP contribution in [0.1, 0.15) is 33.3 Å². The Hall–Kier alpha value is -1.56. The summed E-state index contributed by atoms with van der Waals surface area (Å²) < 4.78 is 29.6. The van der Waals surface area contributed by atoms with Crippen molar-refractivity contribution in [3.05, 3.63) is 29.8 Å². The van der Waals surface area contributed by atoms with Crippen LogP contribution >= 0.6 is 0 Å². The molecule has 5 nitrogen and oxygen atoms in total. The molecule has 1 rings (SSSR count). The second-order valence-electron chi connectivity index (χ2n) is 6.14. The molecule has 0 unspecified atom stereocenters. The minimum Gasteiger partial charge on any atom is -0.444 e. The Morgan fingerprint density at radius 2 is 1.76 bits per heavy atom. The van der Waals surface area contributed by atoms with E-state index in [0.29, 0.717) is 0 Å². The fourth-order valence-electron chi connectivity index (χ4n) is 1.72. The molecule has 118 valence electrons. The largest absolute Gasteiger partial charge is 0.444 e. The number of hydrogen-bond donors (Lipinski definition) is 1. The van der Waals surface area contributed by atoms with E-state index in [1.807, 2.05) is 6.92 Å². The summed E-state index contributed by atoms with van der Waals surface area (Å²) in [7, 11) is -3.44. The van der Waals surface area contributed by atoms with Gasteiger partial charge in [-0.15, -0.1) is 0 Å². The number of nitrogens with one attached hydrogen (secondary N) is 1. The molecule has 0 saturated carbocycles. The van der Waals surface area contributed by atoms with E-state index < -0.39 is 27.6 Å². The van der Waals surface area contributed by atoms with Gasteiger partial charge in [-0.25, -0.2) is 13.2 Å². The van der Waals surface area contributed by atoms with Crippen LogP contribution in [0.5, 0.6) is 0 Å². The van der Waals surface area contributed by atoms with Gasteiger partial charge in [-0.05, 0) is 46.8 Å². The van der Waals surface area contributed by atoms with Crippen LogP contribution in [0.4, 0.5) is 4.79 Å². The van der Waals surface area contributed by atoms with Gasteiger partial charge < -0.3 is 10.1 Å². The molecular formula is C15H23NO4S. The fraction of sp³-hybridized carbons (Fsp3) is 0.533. The number of ether oxygens (including phenoxy) is 1. The summed E-state index contributed by atoms with van der Waals surface area (Å²) in [5.41, 5.74) is 0.383. The van der Waals surface area contributed by atoms with Gasteiger partial charge in [-0.1, -0.05) is 17.7 Å². The van der Waals surface area contributed by atoms with Crippen molar-refractivity contribution in [2.45, 2.75) is 51.2 Å². The SMILES string of the molecule is Cc1ccc(S(=O)(=O)C[C@@H](C)NC(=O)OC(C)(C)C)cc1. The van der Waals surface area contributed by atoms with E-state index in [1.54, 1.807) is 52.0 Å². The Morgan fingerprint density at radius 1 is 1.24 bits per heavy atom. The Labute approximate surface area is 126 Å². The summed E-state index contributed by atoms with van der Waals surface area (Å²) in [6.45, 7) is 8.78. The van der Waals surface area contributed by atoms with Crippen LogP contribution in [0.2, 0.25) is 0 Å². The van der Waals surface area contributed by atoms with Crippen molar-refractivity contribution < 1.29 is 17.9 Å². The minimum atomic E-state index is -3.44.